The SMILES string of the molecule is NCCC1=C(c2ccccc2)N2CCN=C2S1. The fraction of sp³-hybridized carbons (Fsp3) is 0.308. The van der Waals surface area contributed by atoms with Gasteiger partial charge in [0.15, 0.2) is 5.17 Å². The molecule has 3 nitrogen and oxygen atoms in total. The molecule has 1 aromatic carbocycles. The Hall–Kier alpha value is -1.26. The van der Waals surface area contributed by atoms with Crippen molar-refractivity contribution >= 4 is 22.6 Å². The fourth-order valence-corrected chi connectivity index (χ4v) is 3.46. The van der Waals surface area contributed by atoms with Crippen LogP contribution < -0.4 is 5.73 Å². The third-order valence-corrected chi connectivity index (χ3v) is 4.14. The summed E-state index contributed by atoms with van der Waals surface area (Å²) in [7, 11) is 0. The number of thioether (sulfide) groups is 1. The van der Waals surface area contributed by atoms with E-state index >= 15 is 0 Å². The second-order valence-corrected chi connectivity index (χ2v) is 5.16. The molecule has 17 heavy (non-hydrogen) atoms. The first-order valence-corrected chi connectivity index (χ1v) is 6.70. The Labute approximate surface area is 105 Å². The zero-order valence-corrected chi connectivity index (χ0v) is 10.4. The van der Waals surface area contributed by atoms with Crippen molar-refractivity contribution in [2.45, 2.75) is 6.42 Å². The van der Waals surface area contributed by atoms with Crippen LogP contribution in [0.4, 0.5) is 0 Å². The maximum Gasteiger partial charge on any atom is 0.168 e. The minimum absolute atomic E-state index is 0.694. The van der Waals surface area contributed by atoms with Crippen LogP contribution in [0.5, 0.6) is 0 Å². The van der Waals surface area contributed by atoms with Crippen LogP contribution in [-0.4, -0.2) is 29.7 Å². The van der Waals surface area contributed by atoms with Gasteiger partial charge in [0.25, 0.3) is 0 Å². The number of nitrogens with zero attached hydrogens (tertiary/aromatic N) is 2. The molecular weight excluding hydrogens is 230 g/mol. The molecule has 0 unspecified atom stereocenters. The lowest BCUT2D eigenvalue weighted by molar-refractivity contribution is 0.646. The highest BCUT2D eigenvalue weighted by Crippen LogP contribution is 2.42. The summed E-state index contributed by atoms with van der Waals surface area (Å²) in [6.07, 6.45) is 0.935. The molecule has 1 aromatic rings. The molecule has 0 spiro atoms. The molecule has 3 rings (SSSR count). The van der Waals surface area contributed by atoms with E-state index in [-0.39, 0.29) is 0 Å². The molecule has 0 aromatic heterocycles. The van der Waals surface area contributed by atoms with Crippen LogP contribution in [-0.2, 0) is 0 Å². The van der Waals surface area contributed by atoms with Crippen LogP contribution in [0.15, 0.2) is 40.2 Å². The number of nitrogens with two attached hydrogens (primary N) is 1. The molecule has 2 aliphatic rings. The molecular formula is C13H15N3S. The molecule has 4 heteroatoms. The van der Waals surface area contributed by atoms with E-state index in [2.05, 4.69) is 34.2 Å². The second-order valence-electron chi connectivity index (χ2n) is 4.09. The third kappa shape index (κ3) is 1.87. The predicted octanol–water partition coefficient (Wildman–Crippen LogP) is 2.12. The Balaban J connectivity index is 2.02. The molecule has 88 valence electrons. The molecule has 0 amide bonds. The van der Waals surface area contributed by atoms with Crippen LogP contribution in [0.1, 0.15) is 12.0 Å². The van der Waals surface area contributed by atoms with Crippen molar-refractivity contribution in [2.75, 3.05) is 19.6 Å². The lowest BCUT2D eigenvalue weighted by atomic mass is 10.1. The minimum Gasteiger partial charge on any atom is -0.330 e. The monoisotopic (exact) mass is 245 g/mol. The van der Waals surface area contributed by atoms with Crippen LogP contribution >= 0.6 is 11.8 Å². The standard InChI is InChI=1S/C13H15N3S/c14-7-6-11-12(10-4-2-1-3-5-10)16-9-8-15-13(16)17-11/h1-5H,6-9,14H2. The normalized spacial score (nSPS) is 18.6. The first-order chi connectivity index (χ1) is 8.40. The Kier molecular flexibility index (Phi) is 2.91. The van der Waals surface area contributed by atoms with Gasteiger partial charge < -0.3 is 10.6 Å². The first-order valence-electron chi connectivity index (χ1n) is 5.88. The van der Waals surface area contributed by atoms with Crippen LogP contribution in [0.3, 0.4) is 0 Å². The Bertz CT molecular complexity index is 479. The van der Waals surface area contributed by atoms with Gasteiger partial charge in [-0.1, -0.05) is 42.1 Å². The van der Waals surface area contributed by atoms with Gasteiger partial charge >= 0.3 is 0 Å². The number of benzene rings is 1. The number of amidine groups is 1. The topological polar surface area (TPSA) is 41.6 Å². The average molecular weight is 245 g/mol. The summed E-state index contributed by atoms with van der Waals surface area (Å²) in [6.45, 7) is 2.61. The summed E-state index contributed by atoms with van der Waals surface area (Å²) in [5.74, 6) is 0. The smallest absolute Gasteiger partial charge is 0.168 e. The van der Waals surface area contributed by atoms with Crippen molar-refractivity contribution in [3.63, 3.8) is 0 Å². The predicted molar refractivity (Wildman–Crippen MR) is 73.6 cm³/mol. The maximum atomic E-state index is 5.69. The third-order valence-electron chi connectivity index (χ3n) is 2.97. The van der Waals surface area contributed by atoms with Gasteiger partial charge in [0.2, 0.25) is 0 Å². The van der Waals surface area contributed by atoms with E-state index in [0.717, 1.165) is 24.7 Å². The number of aliphatic imine (C=N–C) groups is 1. The van der Waals surface area contributed by atoms with Crippen molar-refractivity contribution in [3.05, 3.63) is 40.8 Å². The summed E-state index contributed by atoms with van der Waals surface area (Å²) in [5, 5.41) is 1.15. The van der Waals surface area contributed by atoms with E-state index in [9.17, 15) is 0 Å². The minimum atomic E-state index is 0.694. The summed E-state index contributed by atoms with van der Waals surface area (Å²) in [6, 6.07) is 10.5. The van der Waals surface area contributed by atoms with E-state index in [4.69, 9.17) is 5.73 Å². The molecule has 0 aliphatic carbocycles. The molecule has 0 radical (unpaired) electrons. The highest BCUT2D eigenvalue weighted by Gasteiger charge is 2.32. The summed E-state index contributed by atoms with van der Waals surface area (Å²) >= 11 is 1.78. The summed E-state index contributed by atoms with van der Waals surface area (Å²) in [4.78, 5) is 8.21. The molecule has 0 bridgehead atoms. The van der Waals surface area contributed by atoms with Gasteiger partial charge in [-0.15, -0.1) is 0 Å². The van der Waals surface area contributed by atoms with E-state index in [0.29, 0.717) is 6.54 Å². The van der Waals surface area contributed by atoms with Crippen LogP contribution in [0.2, 0.25) is 0 Å². The lowest BCUT2D eigenvalue weighted by Gasteiger charge is -2.17. The molecule has 0 atom stereocenters. The largest absolute Gasteiger partial charge is 0.330 e. The van der Waals surface area contributed by atoms with Gasteiger partial charge in [0, 0.05) is 11.4 Å². The van der Waals surface area contributed by atoms with Crippen molar-refractivity contribution < 1.29 is 0 Å². The first kappa shape index (κ1) is 10.9. The quantitative estimate of drug-likeness (QED) is 0.887. The van der Waals surface area contributed by atoms with Gasteiger partial charge in [0.05, 0.1) is 12.2 Å². The van der Waals surface area contributed by atoms with Gasteiger partial charge in [-0.25, -0.2) is 0 Å². The van der Waals surface area contributed by atoms with Crippen molar-refractivity contribution in [2.24, 2.45) is 10.7 Å². The molecule has 2 N–H and O–H groups in total. The number of hydrogen-bond donors (Lipinski definition) is 1. The number of hydrogen-bond acceptors (Lipinski definition) is 4. The molecule has 0 saturated carbocycles. The van der Waals surface area contributed by atoms with Gasteiger partial charge in [-0.2, -0.15) is 0 Å². The van der Waals surface area contributed by atoms with Crippen molar-refractivity contribution in [1.82, 2.24) is 4.90 Å². The highest BCUT2D eigenvalue weighted by atomic mass is 32.2. The van der Waals surface area contributed by atoms with Crippen LogP contribution in [0, 0.1) is 0 Å². The fourth-order valence-electron chi connectivity index (χ4n) is 2.24. The van der Waals surface area contributed by atoms with E-state index < -0.39 is 0 Å². The van der Waals surface area contributed by atoms with Crippen LogP contribution in [0.25, 0.3) is 5.70 Å². The van der Waals surface area contributed by atoms with Gasteiger partial charge in [-0.05, 0) is 18.5 Å². The molecule has 2 heterocycles. The van der Waals surface area contributed by atoms with Crippen molar-refractivity contribution in [1.29, 1.82) is 0 Å². The number of fused-ring (bicyclic) bond motifs is 1. The average Bonchev–Trinajstić information content (AvgIpc) is 2.90. The van der Waals surface area contributed by atoms with E-state index in [1.165, 1.54) is 16.2 Å². The van der Waals surface area contributed by atoms with Gasteiger partial charge in [-0.3, -0.25) is 4.99 Å². The Morgan fingerprint density at radius 2 is 2.12 bits per heavy atom. The van der Waals surface area contributed by atoms with Crippen molar-refractivity contribution in [3.8, 4) is 0 Å². The molecule has 0 saturated heterocycles. The summed E-state index contributed by atoms with van der Waals surface area (Å²) < 4.78 is 0. The zero-order valence-electron chi connectivity index (χ0n) is 9.60. The zero-order chi connectivity index (χ0) is 11.7. The Morgan fingerprint density at radius 1 is 1.29 bits per heavy atom. The van der Waals surface area contributed by atoms with E-state index in [1.807, 2.05) is 6.07 Å². The number of rotatable bonds is 3. The second kappa shape index (κ2) is 4.55. The maximum absolute atomic E-state index is 5.69. The molecule has 0 fully saturated rings. The lowest BCUT2D eigenvalue weighted by Crippen LogP contribution is -2.20. The molecule has 2 aliphatic heterocycles. The Morgan fingerprint density at radius 3 is 2.88 bits per heavy atom. The van der Waals surface area contributed by atoms with Gasteiger partial charge in [0.1, 0.15) is 0 Å². The highest BCUT2D eigenvalue weighted by molar-refractivity contribution is 8.17. The summed E-state index contributed by atoms with van der Waals surface area (Å²) in [5.41, 5.74) is 8.28. The van der Waals surface area contributed by atoms with E-state index in [1.54, 1.807) is 11.8 Å².